The summed E-state index contributed by atoms with van der Waals surface area (Å²) in [5, 5.41) is 0. The smallest absolute Gasteiger partial charge is 0.235 e. The molecule has 2 aromatic rings. The fourth-order valence-electron chi connectivity index (χ4n) is 2.41. The molecule has 1 aromatic heterocycles. The van der Waals surface area contributed by atoms with Crippen LogP contribution in [-0.4, -0.2) is 30.6 Å². The largest absolute Gasteiger partial charge is 0.497 e. The SMILES string of the molecule is COc1cc(C)nc(C2=N[C@H](Cc3ccccc3)CO2)c1. The van der Waals surface area contributed by atoms with Crippen LogP contribution in [0.3, 0.4) is 0 Å². The highest BCUT2D eigenvalue weighted by Crippen LogP contribution is 2.19. The van der Waals surface area contributed by atoms with Gasteiger partial charge in [0.2, 0.25) is 5.90 Å². The molecule has 0 N–H and O–H groups in total. The lowest BCUT2D eigenvalue weighted by Gasteiger charge is -2.05. The van der Waals surface area contributed by atoms with Gasteiger partial charge in [-0.2, -0.15) is 0 Å². The fourth-order valence-corrected chi connectivity index (χ4v) is 2.41. The van der Waals surface area contributed by atoms with E-state index >= 15 is 0 Å². The van der Waals surface area contributed by atoms with Gasteiger partial charge in [-0.1, -0.05) is 30.3 Å². The normalized spacial score (nSPS) is 17.2. The minimum Gasteiger partial charge on any atom is -0.497 e. The molecule has 0 unspecified atom stereocenters. The maximum atomic E-state index is 5.71. The fraction of sp³-hybridized carbons (Fsp3) is 0.294. The number of rotatable bonds is 4. The van der Waals surface area contributed by atoms with Gasteiger partial charge in [-0.3, -0.25) is 0 Å². The van der Waals surface area contributed by atoms with Crippen LogP contribution in [-0.2, 0) is 11.2 Å². The number of methoxy groups -OCH3 is 1. The third kappa shape index (κ3) is 3.21. The standard InChI is InChI=1S/C17H18N2O2/c1-12-8-15(20-2)10-16(18-12)17-19-14(11-21-17)9-13-6-4-3-5-7-13/h3-8,10,14H,9,11H2,1-2H3/t14-/m1/s1. The first-order valence-corrected chi connectivity index (χ1v) is 7.02. The van der Waals surface area contributed by atoms with Crippen molar-refractivity contribution < 1.29 is 9.47 Å². The van der Waals surface area contributed by atoms with E-state index in [2.05, 4.69) is 22.1 Å². The molecule has 0 saturated carbocycles. The van der Waals surface area contributed by atoms with Gasteiger partial charge in [-0.25, -0.2) is 9.98 Å². The van der Waals surface area contributed by atoms with Crippen molar-refractivity contribution in [1.29, 1.82) is 0 Å². The Bertz CT molecular complexity index is 653. The van der Waals surface area contributed by atoms with Crippen LogP contribution in [0.1, 0.15) is 17.0 Å². The Morgan fingerprint density at radius 3 is 2.81 bits per heavy atom. The summed E-state index contributed by atoms with van der Waals surface area (Å²) in [5.74, 6) is 1.38. The van der Waals surface area contributed by atoms with Gasteiger partial charge < -0.3 is 9.47 Å². The highest BCUT2D eigenvalue weighted by atomic mass is 16.5. The van der Waals surface area contributed by atoms with E-state index in [-0.39, 0.29) is 6.04 Å². The molecule has 0 saturated heterocycles. The zero-order chi connectivity index (χ0) is 14.7. The molecule has 4 nitrogen and oxygen atoms in total. The highest BCUT2D eigenvalue weighted by Gasteiger charge is 2.22. The summed E-state index contributed by atoms with van der Waals surface area (Å²) in [7, 11) is 1.65. The van der Waals surface area contributed by atoms with Crippen LogP contribution in [0.2, 0.25) is 0 Å². The molecule has 4 heteroatoms. The molecule has 1 aromatic carbocycles. The highest BCUT2D eigenvalue weighted by molar-refractivity contribution is 5.93. The summed E-state index contributed by atoms with van der Waals surface area (Å²) in [5.41, 5.74) is 2.90. The lowest BCUT2D eigenvalue weighted by atomic mass is 10.1. The van der Waals surface area contributed by atoms with Crippen molar-refractivity contribution in [2.24, 2.45) is 4.99 Å². The van der Waals surface area contributed by atoms with Gasteiger partial charge >= 0.3 is 0 Å². The average molecular weight is 282 g/mol. The molecule has 1 atom stereocenters. The van der Waals surface area contributed by atoms with E-state index in [9.17, 15) is 0 Å². The Hall–Kier alpha value is -2.36. The molecular weight excluding hydrogens is 264 g/mol. The average Bonchev–Trinajstić information content (AvgIpc) is 2.96. The van der Waals surface area contributed by atoms with Gasteiger partial charge in [0.05, 0.1) is 13.2 Å². The zero-order valence-electron chi connectivity index (χ0n) is 12.2. The second kappa shape index (κ2) is 5.95. The molecule has 1 aliphatic heterocycles. The van der Waals surface area contributed by atoms with Crippen molar-refractivity contribution in [3.8, 4) is 5.75 Å². The lowest BCUT2D eigenvalue weighted by molar-refractivity contribution is 0.316. The monoisotopic (exact) mass is 282 g/mol. The van der Waals surface area contributed by atoms with Crippen molar-refractivity contribution in [3.05, 3.63) is 59.4 Å². The van der Waals surface area contributed by atoms with E-state index in [1.807, 2.05) is 37.3 Å². The molecule has 1 aliphatic rings. The molecule has 3 rings (SSSR count). The van der Waals surface area contributed by atoms with Crippen LogP contribution in [0.25, 0.3) is 0 Å². The van der Waals surface area contributed by atoms with Crippen LogP contribution >= 0.6 is 0 Å². The molecule has 0 fully saturated rings. The maximum absolute atomic E-state index is 5.71. The summed E-state index contributed by atoms with van der Waals surface area (Å²) >= 11 is 0. The van der Waals surface area contributed by atoms with Crippen LogP contribution in [0.4, 0.5) is 0 Å². The van der Waals surface area contributed by atoms with Crippen LogP contribution in [0.15, 0.2) is 47.5 Å². The van der Waals surface area contributed by atoms with Crippen molar-refractivity contribution in [2.75, 3.05) is 13.7 Å². The number of nitrogens with zero attached hydrogens (tertiary/aromatic N) is 2. The number of aliphatic imine (C=N–C) groups is 1. The van der Waals surface area contributed by atoms with Crippen molar-refractivity contribution in [3.63, 3.8) is 0 Å². The number of pyridine rings is 1. The van der Waals surface area contributed by atoms with Crippen molar-refractivity contribution in [2.45, 2.75) is 19.4 Å². The van der Waals surface area contributed by atoms with Gasteiger partial charge in [-0.15, -0.1) is 0 Å². The summed E-state index contributed by atoms with van der Waals surface area (Å²) in [6, 6.07) is 14.2. The lowest BCUT2D eigenvalue weighted by Crippen LogP contribution is -2.09. The molecule has 0 amide bonds. The number of hydrogen-bond acceptors (Lipinski definition) is 4. The Morgan fingerprint density at radius 2 is 2.05 bits per heavy atom. The van der Waals surface area contributed by atoms with E-state index in [0.29, 0.717) is 12.5 Å². The number of aryl methyl sites for hydroxylation is 1. The Balaban J connectivity index is 1.78. The summed E-state index contributed by atoms with van der Waals surface area (Å²) in [6.45, 7) is 2.53. The number of ether oxygens (including phenoxy) is 2. The third-order valence-electron chi connectivity index (χ3n) is 3.41. The van der Waals surface area contributed by atoms with Crippen molar-refractivity contribution in [1.82, 2.24) is 4.98 Å². The summed E-state index contributed by atoms with van der Waals surface area (Å²) in [6.07, 6.45) is 0.882. The zero-order valence-corrected chi connectivity index (χ0v) is 12.2. The second-order valence-corrected chi connectivity index (χ2v) is 5.12. The van der Waals surface area contributed by atoms with E-state index in [1.54, 1.807) is 7.11 Å². The predicted octanol–water partition coefficient (Wildman–Crippen LogP) is 2.79. The van der Waals surface area contributed by atoms with Crippen LogP contribution in [0, 0.1) is 6.92 Å². The molecule has 108 valence electrons. The molecule has 0 bridgehead atoms. The van der Waals surface area contributed by atoms with E-state index in [4.69, 9.17) is 9.47 Å². The van der Waals surface area contributed by atoms with Gasteiger partial charge in [0.1, 0.15) is 18.1 Å². The number of hydrogen-bond donors (Lipinski definition) is 0. The van der Waals surface area contributed by atoms with Crippen LogP contribution in [0.5, 0.6) is 5.75 Å². The third-order valence-corrected chi connectivity index (χ3v) is 3.41. The molecule has 0 aliphatic carbocycles. The maximum Gasteiger partial charge on any atom is 0.235 e. The second-order valence-electron chi connectivity index (χ2n) is 5.12. The van der Waals surface area contributed by atoms with Gasteiger partial charge in [-0.05, 0) is 18.9 Å². The van der Waals surface area contributed by atoms with Crippen LogP contribution < -0.4 is 4.74 Å². The Labute approximate surface area is 124 Å². The van der Waals surface area contributed by atoms with E-state index < -0.39 is 0 Å². The molecule has 0 radical (unpaired) electrons. The predicted molar refractivity (Wildman–Crippen MR) is 81.9 cm³/mol. The summed E-state index contributed by atoms with van der Waals surface area (Å²) < 4.78 is 11.0. The molecule has 0 spiro atoms. The topological polar surface area (TPSA) is 43.7 Å². The van der Waals surface area contributed by atoms with Gasteiger partial charge in [0.15, 0.2) is 0 Å². The van der Waals surface area contributed by atoms with Gasteiger partial charge in [0, 0.05) is 17.8 Å². The minimum absolute atomic E-state index is 0.149. The first kappa shape index (κ1) is 13.6. The summed E-state index contributed by atoms with van der Waals surface area (Å²) in [4.78, 5) is 9.12. The minimum atomic E-state index is 0.149. The van der Waals surface area contributed by atoms with E-state index in [1.165, 1.54) is 5.56 Å². The Kier molecular flexibility index (Phi) is 3.86. The molecular formula is C17H18N2O2. The van der Waals surface area contributed by atoms with Crippen molar-refractivity contribution >= 4 is 5.90 Å². The molecule has 21 heavy (non-hydrogen) atoms. The number of benzene rings is 1. The van der Waals surface area contributed by atoms with E-state index in [0.717, 1.165) is 23.6 Å². The molecule has 2 heterocycles. The quantitative estimate of drug-likeness (QED) is 0.866. The number of aromatic nitrogens is 1. The van der Waals surface area contributed by atoms with Gasteiger partial charge in [0.25, 0.3) is 0 Å². The first-order valence-electron chi connectivity index (χ1n) is 7.02. The first-order chi connectivity index (χ1) is 10.2. The Morgan fingerprint density at radius 1 is 1.24 bits per heavy atom.